The molecule has 0 radical (unpaired) electrons. The van der Waals surface area contributed by atoms with Crippen LogP contribution in [0.5, 0.6) is 0 Å². The largest absolute Gasteiger partial charge is 0.399 e. The van der Waals surface area contributed by atoms with Crippen molar-refractivity contribution in [2.45, 2.75) is 25.3 Å². The number of nitrogens with two attached hydrogens (primary N) is 1. The summed E-state index contributed by atoms with van der Waals surface area (Å²) in [7, 11) is 0. The first-order valence-corrected chi connectivity index (χ1v) is 7.01. The molecule has 0 aromatic heterocycles. The highest BCUT2D eigenvalue weighted by Crippen LogP contribution is 2.17. The van der Waals surface area contributed by atoms with Crippen molar-refractivity contribution in [1.29, 1.82) is 0 Å². The maximum absolute atomic E-state index is 11.9. The number of hydrogen-bond acceptors (Lipinski definition) is 4. The molecule has 0 aliphatic carbocycles. The van der Waals surface area contributed by atoms with E-state index in [0.29, 0.717) is 17.9 Å². The van der Waals surface area contributed by atoms with E-state index in [-0.39, 0.29) is 23.9 Å². The first-order chi connectivity index (χ1) is 9.98. The highest BCUT2D eigenvalue weighted by Gasteiger charge is 2.29. The number of rotatable bonds is 4. The van der Waals surface area contributed by atoms with Crippen molar-refractivity contribution in [3.8, 4) is 0 Å². The van der Waals surface area contributed by atoms with Gasteiger partial charge in [-0.2, -0.15) is 0 Å². The molecule has 1 aliphatic rings. The van der Waals surface area contributed by atoms with E-state index in [2.05, 4.69) is 10.6 Å². The van der Waals surface area contributed by atoms with Gasteiger partial charge in [0, 0.05) is 17.9 Å². The fourth-order valence-corrected chi connectivity index (χ4v) is 2.31. The lowest BCUT2D eigenvalue weighted by atomic mass is 9.95. The number of benzene rings is 1. The molecule has 114 valence electrons. The van der Waals surface area contributed by atoms with Gasteiger partial charge in [0.1, 0.15) is 0 Å². The van der Waals surface area contributed by atoms with Crippen LogP contribution in [0.15, 0.2) is 24.3 Å². The number of nitrogen functional groups attached to an aromatic ring is 1. The number of carbonyl (C=O) groups is 2. The lowest BCUT2D eigenvalue weighted by molar-refractivity contribution is -0.123. The monoisotopic (exact) mass is 291 g/mol. The summed E-state index contributed by atoms with van der Waals surface area (Å²) in [6.45, 7) is 3.13. The molecule has 6 nitrogen and oxygen atoms in total. The van der Waals surface area contributed by atoms with Crippen LogP contribution in [0.1, 0.15) is 30.1 Å². The van der Waals surface area contributed by atoms with Crippen LogP contribution in [-0.4, -0.2) is 37.1 Å². The molecule has 1 heterocycles. The van der Waals surface area contributed by atoms with Gasteiger partial charge in [-0.15, -0.1) is 0 Å². The summed E-state index contributed by atoms with van der Waals surface area (Å²) < 4.78 is 5.38. The highest BCUT2D eigenvalue weighted by molar-refractivity contribution is 5.96. The van der Waals surface area contributed by atoms with Gasteiger partial charge >= 0.3 is 0 Å². The zero-order valence-corrected chi connectivity index (χ0v) is 12.1. The summed E-state index contributed by atoms with van der Waals surface area (Å²) >= 11 is 0. The molecule has 1 saturated heterocycles. The van der Waals surface area contributed by atoms with Gasteiger partial charge in [-0.05, 0) is 44.0 Å². The van der Waals surface area contributed by atoms with Crippen LogP contribution in [-0.2, 0) is 9.53 Å². The van der Waals surface area contributed by atoms with E-state index in [1.807, 2.05) is 6.92 Å². The van der Waals surface area contributed by atoms with Gasteiger partial charge in [0.15, 0.2) is 0 Å². The van der Waals surface area contributed by atoms with Crippen molar-refractivity contribution >= 4 is 17.5 Å². The Kier molecular flexibility index (Phi) is 4.80. The van der Waals surface area contributed by atoms with E-state index in [9.17, 15) is 9.59 Å². The van der Waals surface area contributed by atoms with Crippen LogP contribution >= 0.6 is 0 Å². The topological polar surface area (TPSA) is 93.5 Å². The number of carbonyl (C=O) groups excluding carboxylic acids is 2. The van der Waals surface area contributed by atoms with Crippen LogP contribution in [0.3, 0.4) is 0 Å². The van der Waals surface area contributed by atoms with Gasteiger partial charge in [0.25, 0.3) is 5.91 Å². The van der Waals surface area contributed by atoms with E-state index in [0.717, 1.165) is 19.4 Å². The minimum Gasteiger partial charge on any atom is -0.399 e. The Morgan fingerprint density at radius 1 is 1.33 bits per heavy atom. The molecule has 6 heteroatoms. The zero-order valence-electron chi connectivity index (χ0n) is 12.1. The van der Waals surface area contributed by atoms with E-state index >= 15 is 0 Å². The van der Waals surface area contributed by atoms with E-state index in [4.69, 9.17) is 10.5 Å². The van der Waals surface area contributed by atoms with Crippen molar-refractivity contribution in [2.24, 2.45) is 0 Å². The molecule has 1 fully saturated rings. The standard InChI is InChI=1S/C15H21N3O3/c1-15(7-2-8-21-10-15)18-13(19)9-17-14(20)11-3-5-12(16)6-4-11/h3-6H,2,7-10,16H2,1H3,(H,17,20)(H,18,19). The Labute approximate surface area is 124 Å². The minimum atomic E-state index is -0.346. The lowest BCUT2D eigenvalue weighted by Gasteiger charge is -2.34. The maximum Gasteiger partial charge on any atom is 0.251 e. The van der Waals surface area contributed by atoms with Gasteiger partial charge < -0.3 is 21.1 Å². The third kappa shape index (κ3) is 4.46. The fraction of sp³-hybridized carbons (Fsp3) is 0.467. The second kappa shape index (κ2) is 6.58. The molecule has 0 saturated carbocycles. The highest BCUT2D eigenvalue weighted by atomic mass is 16.5. The predicted molar refractivity (Wildman–Crippen MR) is 79.8 cm³/mol. The average molecular weight is 291 g/mol. The normalized spacial score (nSPS) is 21.6. The maximum atomic E-state index is 11.9. The number of anilines is 1. The zero-order chi connectivity index (χ0) is 15.3. The van der Waals surface area contributed by atoms with Gasteiger partial charge in [-0.25, -0.2) is 0 Å². The molecule has 1 aromatic carbocycles. The fourth-order valence-electron chi connectivity index (χ4n) is 2.31. The molecular formula is C15H21N3O3. The molecule has 21 heavy (non-hydrogen) atoms. The lowest BCUT2D eigenvalue weighted by Crippen LogP contribution is -2.53. The van der Waals surface area contributed by atoms with Crippen LogP contribution in [0.4, 0.5) is 5.69 Å². The van der Waals surface area contributed by atoms with Gasteiger partial charge in [0.2, 0.25) is 5.91 Å². The molecule has 1 aliphatic heterocycles. The molecule has 0 bridgehead atoms. The van der Waals surface area contributed by atoms with E-state index in [1.165, 1.54) is 0 Å². The Hall–Kier alpha value is -2.08. The van der Waals surface area contributed by atoms with E-state index in [1.54, 1.807) is 24.3 Å². The number of ether oxygens (including phenoxy) is 1. The third-order valence-corrected chi connectivity index (χ3v) is 3.46. The average Bonchev–Trinajstić information content (AvgIpc) is 2.46. The van der Waals surface area contributed by atoms with Gasteiger partial charge in [-0.3, -0.25) is 9.59 Å². The second-order valence-corrected chi connectivity index (χ2v) is 5.57. The first kappa shape index (κ1) is 15.3. The SMILES string of the molecule is CC1(NC(=O)CNC(=O)c2ccc(N)cc2)CCCOC1. The molecule has 1 aromatic rings. The smallest absolute Gasteiger partial charge is 0.251 e. The Morgan fingerprint density at radius 2 is 2.05 bits per heavy atom. The molecule has 4 N–H and O–H groups in total. The molecular weight excluding hydrogens is 270 g/mol. The summed E-state index contributed by atoms with van der Waals surface area (Å²) in [5, 5.41) is 5.50. The molecule has 2 amide bonds. The molecule has 1 unspecified atom stereocenters. The first-order valence-electron chi connectivity index (χ1n) is 7.01. The van der Waals surface area contributed by atoms with Gasteiger partial charge in [0.05, 0.1) is 18.7 Å². The summed E-state index contributed by atoms with van der Waals surface area (Å²) in [6.07, 6.45) is 1.80. The van der Waals surface area contributed by atoms with Gasteiger partial charge in [-0.1, -0.05) is 0 Å². The van der Waals surface area contributed by atoms with Crippen molar-refractivity contribution < 1.29 is 14.3 Å². The van der Waals surface area contributed by atoms with E-state index < -0.39 is 0 Å². The quantitative estimate of drug-likeness (QED) is 0.711. The molecule has 0 spiro atoms. The van der Waals surface area contributed by atoms with Crippen molar-refractivity contribution in [2.75, 3.05) is 25.5 Å². The Balaban J connectivity index is 1.80. The van der Waals surface area contributed by atoms with Crippen LogP contribution < -0.4 is 16.4 Å². The Bertz CT molecular complexity index is 507. The second-order valence-electron chi connectivity index (χ2n) is 5.57. The third-order valence-electron chi connectivity index (χ3n) is 3.46. The summed E-state index contributed by atoms with van der Waals surface area (Å²) in [5.74, 6) is -0.512. The predicted octanol–water partition coefficient (Wildman–Crippen LogP) is 0.684. The summed E-state index contributed by atoms with van der Waals surface area (Å²) in [5.41, 5.74) is 6.28. The van der Waals surface area contributed by atoms with Crippen molar-refractivity contribution in [3.63, 3.8) is 0 Å². The molecule has 1 atom stereocenters. The number of nitrogens with one attached hydrogen (secondary N) is 2. The summed E-state index contributed by atoms with van der Waals surface area (Å²) in [6, 6.07) is 6.54. The van der Waals surface area contributed by atoms with Crippen molar-refractivity contribution in [1.82, 2.24) is 10.6 Å². The number of hydrogen-bond donors (Lipinski definition) is 3. The molecule has 2 rings (SSSR count). The van der Waals surface area contributed by atoms with Crippen LogP contribution in [0.2, 0.25) is 0 Å². The van der Waals surface area contributed by atoms with Crippen LogP contribution in [0.25, 0.3) is 0 Å². The number of amides is 2. The summed E-state index contributed by atoms with van der Waals surface area (Å²) in [4.78, 5) is 23.8. The van der Waals surface area contributed by atoms with Crippen molar-refractivity contribution in [3.05, 3.63) is 29.8 Å². The van der Waals surface area contributed by atoms with Crippen LogP contribution in [0, 0.1) is 0 Å². The minimum absolute atomic E-state index is 0.0567. The Morgan fingerprint density at radius 3 is 2.67 bits per heavy atom.